The first-order valence-electron chi connectivity index (χ1n) is 10.3. The largest absolute Gasteiger partial charge is 0.494 e. The highest BCUT2D eigenvalue weighted by Gasteiger charge is 2.31. The van der Waals surface area contributed by atoms with Crippen LogP contribution in [0.3, 0.4) is 0 Å². The lowest BCUT2D eigenvalue weighted by Crippen LogP contribution is -2.45. The fourth-order valence-electron chi connectivity index (χ4n) is 3.53. The van der Waals surface area contributed by atoms with Crippen LogP contribution in [0.4, 0.5) is 5.69 Å². The molecule has 30 heavy (non-hydrogen) atoms. The summed E-state index contributed by atoms with van der Waals surface area (Å²) in [5.74, 6) is 1.56. The van der Waals surface area contributed by atoms with Crippen LogP contribution in [0.25, 0.3) is 11.3 Å². The Kier molecular flexibility index (Phi) is 6.04. The fourth-order valence-corrected chi connectivity index (χ4v) is 4.15. The Labute approximate surface area is 181 Å². The van der Waals surface area contributed by atoms with Crippen LogP contribution in [0.15, 0.2) is 47.8 Å². The maximum Gasteiger partial charge on any atom is 0.267 e. The third-order valence-electron chi connectivity index (χ3n) is 5.21. The molecule has 0 saturated carbocycles. The van der Waals surface area contributed by atoms with Gasteiger partial charge in [-0.2, -0.15) is 0 Å². The summed E-state index contributed by atoms with van der Waals surface area (Å²) in [7, 11) is 0. The first-order chi connectivity index (χ1) is 14.5. The number of ether oxygens (including phenoxy) is 2. The molecule has 1 aromatic heterocycles. The van der Waals surface area contributed by atoms with Gasteiger partial charge in [0.25, 0.3) is 5.91 Å². The van der Waals surface area contributed by atoms with Crippen LogP contribution in [0.5, 0.6) is 11.5 Å². The van der Waals surface area contributed by atoms with Crippen LogP contribution in [0.1, 0.15) is 30.8 Å². The number of nitrogens with zero attached hydrogens (tertiary/aromatic N) is 2. The average Bonchev–Trinajstić information content (AvgIpc) is 3.20. The Bertz CT molecular complexity index is 1030. The van der Waals surface area contributed by atoms with E-state index in [1.165, 1.54) is 5.56 Å². The van der Waals surface area contributed by atoms with Crippen molar-refractivity contribution >= 4 is 22.9 Å². The Morgan fingerprint density at radius 3 is 2.70 bits per heavy atom. The van der Waals surface area contributed by atoms with Crippen LogP contribution < -0.4 is 14.4 Å². The molecule has 0 saturated heterocycles. The van der Waals surface area contributed by atoms with Gasteiger partial charge in [0.05, 0.1) is 23.0 Å². The summed E-state index contributed by atoms with van der Waals surface area (Å²) in [6.07, 6.45) is 1.25. The molecule has 4 rings (SSSR count). The second kappa shape index (κ2) is 8.88. The van der Waals surface area contributed by atoms with Gasteiger partial charge in [0.2, 0.25) is 0 Å². The van der Waals surface area contributed by atoms with Gasteiger partial charge in [-0.05, 0) is 62.6 Å². The molecule has 0 spiro atoms. The number of fused-ring (bicyclic) bond motifs is 1. The molecule has 2 heterocycles. The van der Waals surface area contributed by atoms with Gasteiger partial charge in [0, 0.05) is 17.5 Å². The minimum absolute atomic E-state index is 0.0265. The lowest BCUT2D eigenvalue weighted by molar-refractivity contribution is -0.125. The lowest BCUT2D eigenvalue weighted by Gasteiger charge is -2.33. The molecule has 2 aromatic carbocycles. The summed E-state index contributed by atoms with van der Waals surface area (Å²) in [5, 5.41) is 3.05. The molecule has 0 fully saturated rings. The second-order valence-corrected chi connectivity index (χ2v) is 8.45. The fraction of sp³-hybridized carbons (Fsp3) is 0.333. The van der Waals surface area contributed by atoms with Crippen LogP contribution >= 0.6 is 11.3 Å². The van der Waals surface area contributed by atoms with Crippen molar-refractivity contribution < 1.29 is 14.3 Å². The number of benzene rings is 2. The summed E-state index contributed by atoms with van der Waals surface area (Å²) in [4.78, 5) is 19.2. The maximum atomic E-state index is 12.8. The number of aryl methyl sites for hydroxylation is 2. The normalized spacial score (nSPS) is 15.6. The highest BCUT2D eigenvalue weighted by molar-refractivity contribution is 7.09. The lowest BCUT2D eigenvalue weighted by atomic mass is 10.1. The number of carbonyl (C=O) groups is 1. The van der Waals surface area contributed by atoms with Crippen LogP contribution in [0, 0.1) is 6.92 Å². The van der Waals surface area contributed by atoms with E-state index in [1.807, 2.05) is 47.5 Å². The number of anilines is 1. The minimum Gasteiger partial charge on any atom is -0.494 e. The van der Waals surface area contributed by atoms with E-state index in [4.69, 9.17) is 9.47 Å². The van der Waals surface area contributed by atoms with E-state index in [9.17, 15) is 4.79 Å². The van der Waals surface area contributed by atoms with Gasteiger partial charge < -0.3 is 14.4 Å². The predicted octanol–water partition coefficient (Wildman–Crippen LogP) is 5.26. The quantitative estimate of drug-likeness (QED) is 0.487. The molecule has 6 heteroatoms. The number of aromatic nitrogens is 1. The summed E-state index contributed by atoms with van der Waals surface area (Å²) in [6, 6.07) is 14.1. The van der Waals surface area contributed by atoms with Gasteiger partial charge >= 0.3 is 0 Å². The molecule has 1 atom stereocenters. The first kappa shape index (κ1) is 20.4. The monoisotopic (exact) mass is 422 g/mol. The number of amides is 1. The Hall–Kier alpha value is -2.86. The number of hydrogen-bond acceptors (Lipinski definition) is 5. The van der Waals surface area contributed by atoms with E-state index < -0.39 is 6.10 Å². The highest BCUT2D eigenvalue weighted by Crippen LogP contribution is 2.37. The molecular weight excluding hydrogens is 396 g/mol. The van der Waals surface area contributed by atoms with Gasteiger partial charge in [0.15, 0.2) is 6.10 Å². The van der Waals surface area contributed by atoms with Gasteiger partial charge in [-0.15, -0.1) is 11.3 Å². The zero-order valence-electron chi connectivity index (χ0n) is 17.6. The van der Waals surface area contributed by atoms with Crippen molar-refractivity contribution in [3.63, 3.8) is 0 Å². The van der Waals surface area contributed by atoms with Crippen molar-refractivity contribution in [1.29, 1.82) is 0 Å². The van der Waals surface area contributed by atoms with Gasteiger partial charge in [-0.25, -0.2) is 4.98 Å². The molecule has 0 radical (unpaired) electrons. The molecule has 5 nitrogen and oxygen atoms in total. The predicted molar refractivity (Wildman–Crippen MR) is 121 cm³/mol. The van der Waals surface area contributed by atoms with Gasteiger partial charge in [-0.1, -0.05) is 19.1 Å². The maximum absolute atomic E-state index is 12.8. The second-order valence-electron chi connectivity index (χ2n) is 7.38. The molecule has 3 aromatic rings. The van der Waals surface area contributed by atoms with Gasteiger partial charge in [-0.3, -0.25) is 4.79 Å². The SMILES string of the molecule is CCc1ccc(OCCCN2C(=O)C(C)Oc3ccc(-c4csc(C)n4)cc32)cc1. The number of rotatable bonds is 7. The number of carbonyl (C=O) groups excluding carboxylic acids is 1. The van der Waals surface area contributed by atoms with E-state index in [2.05, 4.69) is 24.0 Å². The van der Waals surface area contributed by atoms with Crippen molar-refractivity contribution in [3.8, 4) is 22.8 Å². The van der Waals surface area contributed by atoms with Crippen molar-refractivity contribution in [2.24, 2.45) is 0 Å². The molecule has 156 valence electrons. The van der Waals surface area contributed by atoms with Gasteiger partial charge in [0.1, 0.15) is 11.5 Å². The summed E-state index contributed by atoms with van der Waals surface area (Å²) in [6.45, 7) is 7.04. The van der Waals surface area contributed by atoms with E-state index in [0.29, 0.717) is 13.2 Å². The van der Waals surface area contributed by atoms with E-state index in [0.717, 1.165) is 46.3 Å². The summed E-state index contributed by atoms with van der Waals surface area (Å²) >= 11 is 1.62. The third kappa shape index (κ3) is 4.33. The molecule has 0 bridgehead atoms. The zero-order chi connectivity index (χ0) is 21.1. The van der Waals surface area contributed by atoms with Crippen molar-refractivity contribution in [2.45, 2.75) is 39.7 Å². The van der Waals surface area contributed by atoms with E-state index in [1.54, 1.807) is 18.3 Å². The molecule has 1 amide bonds. The molecule has 1 aliphatic heterocycles. The standard InChI is InChI=1S/C24H26N2O3S/c1-4-18-6-9-20(10-7-18)28-13-5-12-26-22-14-19(21-15-30-17(3)25-21)8-11-23(22)29-16(2)24(26)27/h6-11,14-16H,4-5,12-13H2,1-3H3. The van der Waals surface area contributed by atoms with E-state index >= 15 is 0 Å². The Morgan fingerprint density at radius 2 is 2.00 bits per heavy atom. The van der Waals surface area contributed by atoms with Crippen molar-refractivity contribution in [3.05, 3.63) is 58.4 Å². The van der Waals surface area contributed by atoms with Crippen molar-refractivity contribution in [2.75, 3.05) is 18.1 Å². The topological polar surface area (TPSA) is 51.7 Å². The third-order valence-corrected chi connectivity index (χ3v) is 5.98. The number of hydrogen-bond donors (Lipinski definition) is 0. The Morgan fingerprint density at radius 1 is 1.20 bits per heavy atom. The van der Waals surface area contributed by atoms with Crippen LogP contribution in [0.2, 0.25) is 0 Å². The molecule has 0 aliphatic carbocycles. The smallest absolute Gasteiger partial charge is 0.267 e. The Balaban J connectivity index is 1.46. The van der Waals surface area contributed by atoms with E-state index in [-0.39, 0.29) is 5.91 Å². The summed E-state index contributed by atoms with van der Waals surface area (Å²) in [5.41, 5.74) is 4.00. The molecule has 0 N–H and O–H groups in total. The average molecular weight is 423 g/mol. The van der Waals surface area contributed by atoms with Crippen LogP contribution in [-0.2, 0) is 11.2 Å². The first-order valence-corrected chi connectivity index (χ1v) is 11.2. The molecule has 1 unspecified atom stereocenters. The minimum atomic E-state index is -0.493. The summed E-state index contributed by atoms with van der Waals surface area (Å²) < 4.78 is 11.7. The zero-order valence-corrected chi connectivity index (χ0v) is 18.4. The van der Waals surface area contributed by atoms with Crippen molar-refractivity contribution in [1.82, 2.24) is 4.98 Å². The van der Waals surface area contributed by atoms with Crippen LogP contribution in [-0.4, -0.2) is 30.1 Å². The highest BCUT2D eigenvalue weighted by atomic mass is 32.1. The molecular formula is C24H26N2O3S. The number of thiazole rings is 1. The molecule has 1 aliphatic rings.